The Morgan fingerprint density at radius 3 is 1.32 bits per heavy atom. The molecule has 0 spiro atoms. The van der Waals surface area contributed by atoms with Gasteiger partial charge in [0.2, 0.25) is 19.1 Å². The van der Waals surface area contributed by atoms with E-state index < -0.39 is 0 Å². The number of aryl methyl sites for hydroxylation is 7. The Labute approximate surface area is 336 Å². The summed E-state index contributed by atoms with van der Waals surface area (Å²) in [7, 11) is 2.22. The van der Waals surface area contributed by atoms with Crippen molar-refractivity contribution in [3.8, 4) is 33.5 Å². The first kappa shape index (κ1) is 37.5. The molecule has 0 unspecified atom stereocenters. The molecule has 0 saturated heterocycles. The molecule has 0 fully saturated rings. The second kappa shape index (κ2) is 14.6. The molecular formula is C53H54B2N+. The first-order valence-electron chi connectivity index (χ1n) is 20.3. The molecule has 7 aromatic rings. The molecule has 0 N–H and O–H groups in total. The second-order valence-corrected chi connectivity index (χ2v) is 17.8. The Balaban J connectivity index is 1.40. The van der Waals surface area contributed by atoms with Crippen LogP contribution in [0.15, 0.2) is 134 Å². The number of rotatable bonds is 6. The van der Waals surface area contributed by atoms with Crippen LogP contribution < -0.4 is 37.3 Å². The highest BCUT2D eigenvalue weighted by Crippen LogP contribution is 2.28. The summed E-state index contributed by atoms with van der Waals surface area (Å²) in [6, 6.07) is 48.2. The lowest BCUT2D eigenvalue weighted by atomic mass is 9.20. The summed E-state index contributed by atoms with van der Waals surface area (Å²) in [5, 5.41) is 0. The van der Waals surface area contributed by atoms with E-state index in [9.17, 15) is 0 Å². The van der Waals surface area contributed by atoms with Crippen molar-refractivity contribution in [3.63, 3.8) is 0 Å². The normalized spacial score (nSPS) is 12.5. The maximum absolute atomic E-state index is 2.58. The summed E-state index contributed by atoms with van der Waals surface area (Å²) in [6.45, 7) is 21.1. The average Bonchev–Trinajstić information content (AvgIpc) is 3.16. The monoisotopic (exact) mass is 726 g/mol. The first-order valence-corrected chi connectivity index (χ1v) is 20.3. The van der Waals surface area contributed by atoms with Gasteiger partial charge >= 0.3 is 0 Å². The Hall–Kier alpha value is -5.40. The van der Waals surface area contributed by atoms with E-state index in [-0.39, 0.29) is 18.8 Å². The lowest BCUT2D eigenvalue weighted by molar-refractivity contribution is -0.660. The van der Waals surface area contributed by atoms with Gasteiger partial charge in [0.05, 0.1) is 0 Å². The van der Waals surface area contributed by atoms with Crippen LogP contribution in [0.4, 0.5) is 0 Å². The molecular weight excluding hydrogens is 672 g/mol. The highest BCUT2D eigenvalue weighted by atomic mass is 14.9. The van der Waals surface area contributed by atoms with Crippen molar-refractivity contribution in [2.75, 3.05) is 0 Å². The van der Waals surface area contributed by atoms with E-state index in [0.29, 0.717) is 0 Å². The number of aromatic nitrogens is 1. The second-order valence-electron chi connectivity index (χ2n) is 17.8. The molecule has 56 heavy (non-hydrogen) atoms. The van der Waals surface area contributed by atoms with Crippen molar-refractivity contribution >= 4 is 46.2 Å². The molecule has 0 saturated carbocycles. The highest BCUT2D eigenvalue weighted by Gasteiger charge is 2.41. The van der Waals surface area contributed by atoms with Crippen LogP contribution in [0.3, 0.4) is 0 Å². The number of nitrogens with zero attached hydrogens (tertiary/aromatic N) is 1. The molecule has 0 radical (unpaired) electrons. The highest BCUT2D eigenvalue weighted by molar-refractivity contribution is 7.11. The van der Waals surface area contributed by atoms with Crippen molar-refractivity contribution in [2.45, 2.75) is 68.7 Å². The molecule has 8 rings (SSSR count). The van der Waals surface area contributed by atoms with Crippen LogP contribution in [0.2, 0.25) is 0 Å². The third-order valence-electron chi connectivity index (χ3n) is 12.2. The van der Waals surface area contributed by atoms with E-state index in [1.807, 2.05) is 0 Å². The minimum atomic E-state index is 0.0932. The quantitative estimate of drug-likeness (QED) is 0.120. The van der Waals surface area contributed by atoms with E-state index >= 15 is 0 Å². The Bertz CT molecular complexity index is 2570. The van der Waals surface area contributed by atoms with E-state index in [4.69, 9.17) is 0 Å². The maximum Gasteiger partial charge on any atom is 0.240 e. The van der Waals surface area contributed by atoms with E-state index in [0.717, 1.165) is 6.42 Å². The van der Waals surface area contributed by atoms with Gasteiger partial charge in [-0.1, -0.05) is 197 Å². The topological polar surface area (TPSA) is 3.88 Å². The summed E-state index contributed by atoms with van der Waals surface area (Å²) in [5.74, 6) is 0. The van der Waals surface area contributed by atoms with Crippen molar-refractivity contribution in [2.24, 2.45) is 12.5 Å². The average molecular weight is 727 g/mol. The fourth-order valence-electron chi connectivity index (χ4n) is 9.82. The summed E-state index contributed by atoms with van der Waals surface area (Å²) < 4.78 is 2.35. The minimum Gasteiger partial charge on any atom is -0.201 e. The zero-order valence-corrected chi connectivity index (χ0v) is 35.0. The smallest absolute Gasteiger partial charge is 0.201 e. The van der Waals surface area contributed by atoms with Gasteiger partial charge in [-0.15, -0.1) is 0 Å². The zero-order valence-electron chi connectivity index (χ0n) is 35.0. The summed E-state index contributed by atoms with van der Waals surface area (Å²) >= 11 is 0. The molecule has 1 aliphatic rings. The molecule has 1 aliphatic heterocycles. The SMILES string of the molecule is Cc1c[n+](C)c(-c2cc3c(cc2C)B(c2c(C)cc(-c4ccccc4)cc2C)c2ccccc2B3c2c(C)cc(-c3ccccc3)cc2C)cc1CC(C)(C)C. The number of benzene rings is 6. The Kier molecular flexibility index (Phi) is 9.78. The third-order valence-corrected chi connectivity index (χ3v) is 12.2. The molecule has 6 aromatic carbocycles. The Morgan fingerprint density at radius 2 is 0.875 bits per heavy atom. The first-order chi connectivity index (χ1) is 26.8. The van der Waals surface area contributed by atoms with Crippen LogP contribution in [-0.2, 0) is 13.5 Å². The molecule has 0 amide bonds. The van der Waals surface area contributed by atoms with Gasteiger partial charge in [0.25, 0.3) is 0 Å². The number of fused-ring (bicyclic) bond motifs is 2. The predicted molar refractivity (Wildman–Crippen MR) is 244 cm³/mol. The minimum absolute atomic E-state index is 0.0932. The van der Waals surface area contributed by atoms with E-state index in [2.05, 4.69) is 208 Å². The van der Waals surface area contributed by atoms with Gasteiger partial charge in [-0.2, -0.15) is 0 Å². The molecule has 3 heteroatoms. The largest absolute Gasteiger partial charge is 0.240 e. The molecule has 1 aromatic heterocycles. The molecule has 2 heterocycles. The van der Waals surface area contributed by atoms with Gasteiger partial charge in [-0.25, -0.2) is 4.57 Å². The van der Waals surface area contributed by atoms with Crippen LogP contribution in [0.5, 0.6) is 0 Å². The fraction of sp³-hybridized carbons (Fsp3) is 0.226. The van der Waals surface area contributed by atoms with E-state index in [1.165, 1.54) is 105 Å². The number of pyridine rings is 1. The Morgan fingerprint density at radius 1 is 0.446 bits per heavy atom. The van der Waals surface area contributed by atoms with Crippen molar-refractivity contribution in [1.29, 1.82) is 0 Å². The van der Waals surface area contributed by atoms with Crippen LogP contribution in [0.1, 0.15) is 59.7 Å². The lowest BCUT2D eigenvalue weighted by Crippen LogP contribution is -2.76. The maximum atomic E-state index is 2.58. The van der Waals surface area contributed by atoms with E-state index in [1.54, 1.807) is 0 Å². The number of hydrogen-bond donors (Lipinski definition) is 0. The van der Waals surface area contributed by atoms with Gasteiger partial charge in [0.1, 0.15) is 7.05 Å². The third kappa shape index (κ3) is 6.87. The van der Waals surface area contributed by atoms with Crippen molar-refractivity contribution < 1.29 is 4.57 Å². The van der Waals surface area contributed by atoms with Crippen LogP contribution in [0, 0.1) is 47.0 Å². The zero-order chi connectivity index (χ0) is 39.5. The lowest BCUT2D eigenvalue weighted by Gasteiger charge is -2.35. The molecule has 0 aliphatic carbocycles. The number of hydrogen-bond acceptors (Lipinski definition) is 0. The molecule has 0 bridgehead atoms. The summed E-state index contributed by atoms with van der Waals surface area (Å²) in [4.78, 5) is 0. The van der Waals surface area contributed by atoms with Crippen molar-refractivity contribution in [1.82, 2.24) is 0 Å². The van der Waals surface area contributed by atoms with Gasteiger partial charge in [0.15, 0.2) is 6.20 Å². The van der Waals surface area contributed by atoms with Gasteiger partial charge in [-0.3, -0.25) is 0 Å². The van der Waals surface area contributed by atoms with Crippen LogP contribution in [-0.4, -0.2) is 13.4 Å². The van der Waals surface area contributed by atoms with Crippen molar-refractivity contribution in [3.05, 3.63) is 173 Å². The fourth-order valence-corrected chi connectivity index (χ4v) is 9.82. The van der Waals surface area contributed by atoms with Gasteiger partial charge in [0, 0.05) is 17.2 Å². The standard InChI is InChI=1S/C53H54B2N/c1-34-29-48-49(31-45(34)50-30-44(32-53(7,8)9)39(6)33-56(50)10)55(52-37(4)27-43(28-38(52)5)41-21-15-12-16-22-41)47-24-18-17-23-46(47)54(48)51-35(2)25-42(26-36(51)3)40-19-13-11-14-20-40/h11-31,33H,32H2,1-10H3/q+1. The summed E-state index contributed by atoms with van der Waals surface area (Å²) in [5.41, 5.74) is 25.8. The predicted octanol–water partition coefficient (Wildman–Crippen LogP) is 8.30. The van der Waals surface area contributed by atoms with Crippen LogP contribution >= 0.6 is 0 Å². The molecule has 276 valence electrons. The van der Waals surface area contributed by atoms with Gasteiger partial charge < -0.3 is 0 Å². The van der Waals surface area contributed by atoms with Gasteiger partial charge in [-0.05, 0) is 86.8 Å². The molecule has 0 atom stereocenters. The summed E-state index contributed by atoms with van der Waals surface area (Å²) in [6.07, 6.45) is 3.38. The van der Waals surface area contributed by atoms with Crippen LogP contribution in [0.25, 0.3) is 33.5 Å². The molecule has 1 nitrogen and oxygen atoms in total.